The molecule has 4 nitrogen and oxygen atoms in total. The highest BCUT2D eigenvalue weighted by molar-refractivity contribution is 5.68. The average Bonchev–Trinajstić information content (AvgIpc) is 2.21. The third-order valence-electron chi connectivity index (χ3n) is 1.68. The maximum atomic E-state index is 10.7. The number of hydrogen-bond donors (Lipinski definition) is 2. The molecule has 4 heteroatoms. The molecule has 0 fully saturated rings. The van der Waals surface area contributed by atoms with Crippen molar-refractivity contribution in [1.29, 1.82) is 0 Å². The Hall–Kier alpha value is -1.05. The van der Waals surface area contributed by atoms with Gasteiger partial charge in [-0.3, -0.25) is 4.79 Å². The minimum atomic E-state index is -0.709. The van der Waals surface area contributed by atoms with E-state index in [1.54, 1.807) is 0 Å². The van der Waals surface area contributed by atoms with Gasteiger partial charge in [-0.1, -0.05) is 11.8 Å². The van der Waals surface area contributed by atoms with Crippen molar-refractivity contribution in [3.05, 3.63) is 0 Å². The summed E-state index contributed by atoms with van der Waals surface area (Å²) in [7, 11) is 1.35. The highest BCUT2D eigenvalue weighted by atomic mass is 16.5. The molecule has 14 heavy (non-hydrogen) atoms. The zero-order valence-corrected chi connectivity index (χ0v) is 8.32. The van der Waals surface area contributed by atoms with Gasteiger partial charge < -0.3 is 14.9 Å². The third-order valence-corrected chi connectivity index (χ3v) is 1.68. The molecular formula is C10H16O4. The molecule has 0 rings (SSSR count). The van der Waals surface area contributed by atoms with Crippen molar-refractivity contribution in [3.63, 3.8) is 0 Å². The van der Waals surface area contributed by atoms with E-state index in [-0.39, 0.29) is 12.6 Å². The molecule has 0 saturated heterocycles. The molecule has 0 aliphatic carbocycles. The summed E-state index contributed by atoms with van der Waals surface area (Å²) < 4.78 is 4.46. The maximum Gasteiger partial charge on any atom is 0.305 e. The smallest absolute Gasteiger partial charge is 0.305 e. The molecule has 0 aliphatic heterocycles. The number of ether oxygens (including phenoxy) is 1. The van der Waals surface area contributed by atoms with Crippen LogP contribution in [0, 0.1) is 11.8 Å². The van der Waals surface area contributed by atoms with Crippen molar-refractivity contribution in [2.45, 2.75) is 31.8 Å². The predicted octanol–water partition coefficient (Wildman–Crippen LogP) is 0.0764. The fourth-order valence-electron chi connectivity index (χ4n) is 0.945. The molecular weight excluding hydrogens is 184 g/mol. The van der Waals surface area contributed by atoms with Crippen molar-refractivity contribution < 1.29 is 19.7 Å². The van der Waals surface area contributed by atoms with Gasteiger partial charge in [0.1, 0.15) is 12.7 Å². The van der Waals surface area contributed by atoms with Crippen LogP contribution in [-0.4, -0.2) is 36.0 Å². The molecule has 0 saturated carbocycles. The van der Waals surface area contributed by atoms with Gasteiger partial charge in [-0.25, -0.2) is 0 Å². The monoisotopic (exact) mass is 200 g/mol. The predicted molar refractivity (Wildman–Crippen MR) is 51.4 cm³/mol. The van der Waals surface area contributed by atoms with Crippen LogP contribution in [0.1, 0.15) is 25.7 Å². The second-order valence-electron chi connectivity index (χ2n) is 2.82. The van der Waals surface area contributed by atoms with Gasteiger partial charge in [0.2, 0.25) is 0 Å². The summed E-state index contributed by atoms with van der Waals surface area (Å²) in [5.41, 5.74) is 0. The number of carbonyl (C=O) groups is 1. The van der Waals surface area contributed by atoms with E-state index in [0.717, 1.165) is 6.42 Å². The third kappa shape index (κ3) is 7.59. The van der Waals surface area contributed by atoms with Gasteiger partial charge in [-0.2, -0.15) is 0 Å². The van der Waals surface area contributed by atoms with Gasteiger partial charge in [0, 0.05) is 6.42 Å². The standard InChI is InChI=1S/C10H16O4/c1-14-10(13)7-3-2-5-9(12)6-4-8-11/h9,11-12H,2-3,5,7-8H2,1H3. The van der Waals surface area contributed by atoms with E-state index in [1.165, 1.54) is 7.11 Å². The van der Waals surface area contributed by atoms with Crippen LogP contribution in [0.25, 0.3) is 0 Å². The summed E-state index contributed by atoms with van der Waals surface area (Å²) in [4.78, 5) is 10.7. The van der Waals surface area contributed by atoms with E-state index in [1.807, 2.05) is 0 Å². The Morgan fingerprint density at radius 1 is 1.50 bits per heavy atom. The van der Waals surface area contributed by atoms with Gasteiger partial charge in [-0.05, 0) is 19.3 Å². The number of hydrogen-bond acceptors (Lipinski definition) is 4. The summed E-state index contributed by atoms with van der Waals surface area (Å²) in [6, 6.07) is 0. The van der Waals surface area contributed by atoms with Gasteiger partial charge in [0.15, 0.2) is 0 Å². The van der Waals surface area contributed by atoms with Crippen molar-refractivity contribution in [2.24, 2.45) is 0 Å². The summed E-state index contributed by atoms with van der Waals surface area (Å²) in [5.74, 6) is 4.61. The van der Waals surface area contributed by atoms with Crippen LogP contribution in [0.4, 0.5) is 0 Å². The fraction of sp³-hybridized carbons (Fsp3) is 0.700. The first-order chi connectivity index (χ1) is 6.70. The van der Waals surface area contributed by atoms with E-state index in [2.05, 4.69) is 16.6 Å². The number of aliphatic hydroxyl groups is 2. The molecule has 0 spiro atoms. The van der Waals surface area contributed by atoms with E-state index >= 15 is 0 Å². The average molecular weight is 200 g/mol. The Kier molecular flexibility index (Phi) is 7.90. The highest BCUT2D eigenvalue weighted by Gasteiger charge is 2.02. The molecule has 2 N–H and O–H groups in total. The minimum Gasteiger partial charge on any atom is -0.469 e. The second-order valence-corrected chi connectivity index (χ2v) is 2.82. The lowest BCUT2D eigenvalue weighted by Crippen LogP contribution is -2.04. The first kappa shape index (κ1) is 12.9. The lowest BCUT2D eigenvalue weighted by atomic mass is 10.1. The molecule has 0 amide bonds. The number of unbranched alkanes of at least 4 members (excludes halogenated alkanes) is 1. The molecule has 1 atom stereocenters. The van der Waals surface area contributed by atoms with E-state index in [4.69, 9.17) is 5.11 Å². The van der Waals surface area contributed by atoms with Crippen LogP contribution in [0.15, 0.2) is 0 Å². The van der Waals surface area contributed by atoms with Gasteiger partial charge in [-0.15, -0.1) is 0 Å². The van der Waals surface area contributed by atoms with E-state index < -0.39 is 6.10 Å². The molecule has 80 valence electrons. The first-order valence-corrected chi connectivity index (χ1v) is 4.54. The lowest BCUT2D eigenvalue weighted by Gasteiger charge is -2.02. The normalized spacial score (nSPS) is 11.4. The van der Waals surface area contributed by atoms with Gasteiger partial charge in [0.25, 0.3) is 0 Å². The van der Waals surface area contributed by atoms with Gasteiger partial charge in [0.05, 0.1) is 7.11 Å². The van der Waals surface area contributed by atoms with Crippen LogP contribution < -0.4 is 0 Å². The topological polar surface area (TPSA) is 66.8 Å². The minimum absolute atomic E-state index is 0.235. The Bertz CT molecular complexity index is 214. The largest absolute Gasteiger partial charge is 0.469 e. The molecule has 1 unspecified atom stereocenters. The fourth-order valence-corrected chi connectivity index (χ4v) is 0.945. The molecule has 0 aliphatic rings. The molecule has 0 bridgehead atoms. The molecule has 0 aromatic carbocycles. The Morgan fingerprint density at radius 2 is 2.21 bits per heavy atom. The summed E-state index contributed by atoms with van der Waals surface area (Å²) in [5, 5.41) is 17.5. The molecule has 0 aromatic heterocycles. The molecule has 0 radical (unpaired) electrons. The Balaban J connectivity index is 3.40. The summed E-state index contributed by atoms with van der Waals surface area (Å²) >= 11 is 0. The van der Waals surface area contributed by atoms with E-state index in [9.17, 15) is 9.90 Å². The van der Waals surface area contributed by atoms with Gasteiger partial charge >= 0.3 is 5.97 Å². The Labute approximate surface area is 83.9 Å². The zero-order valence-electron chi connectivity index (χ0n) is 8.32. The Morgan fingerprint density at radius 3 is 2.79 bits per heavy atom. The first-order valence-electron chi connectivity index (χ1n) is 4.54. The summed E-state index contributed by atoms with van der Waals surface area (Å²) in [6.07, 6.45) is 1.58. The van der Waals surface area contributed by atoms with Crippen molar-refractivity contribution in [1.82, 2.24) is 0 Å². The van der Waals surface area contributed by atoms with Crippen LogP contribution in [0.5, 0.6) is 0 Å². The number of esters is 1. The number of methoxy groups -OCH3 is 1. The van der Waals surface area contributed by atoms with Crippen molar-refractivity contribution in [2.75, 3.05) is 13.7 Å². The van der Waals surface area contributed by atoms with Crippen molar-refractivity contribution in [3.8, 4) is 11.8 Å². The summed E-state index contributed by atoms with van der Waals surface area (Å²) in [6.45, 7) is -0.237. The quantitative estimate of drug-likeness (QED) is 0.374. The van der Waals surface area contributed by atoms with Crippen LogP contribution in [-0.2, 0) is 9.53 Å². The second kappa shape index (κ2) is 8.54. The van der Waals surface area contributed by atoms with Crippen molar-refractivity contribution >= 4 is 5.97 Å². The number of carbonyl (C=O) groups excluding carboxylic acids is 1. The lowest BCUT2D eigenvalue weighted by molar-refractivity contribution is -0.140. The number of rotatable bonds is 5. The molecule has 0 heterocycles. The number of aliphatic hydroxyl groups excluding tert-OH is 2. The highest BCUT2D eigenvalue weighted by Crippen LogP contribution is 2.03. The van der Waals surface area contributed by atoms with Crippen LogP contribution >= 0.6 is 0 Å². The van der Waals surface area contributed by atoms with Crippen LogP contribution in [0.3, 0.4) is 0 Å². The maximum absolute atomic E-state index is 10.7. The zero-order chi connectivity index (χ0) is 10.8. The molecule has 0 aromatic rings. The van der Waals surface area contributed by atoms with Crippen LogP contribution in [0.2, 0.25) is 0 Å². The SMILES string of the molecule is COC(=O)CCCCC(O)C#CCO. The van der Waals surface area contributed by atoms with E-state index in [0.29, 0.717) is 19.3 Å².